The summed E-state index contributed by atoms with van der Waals surface area (Å²) in [5.41, 5.74) is 2.88. The van der Waals surface area contributed by atoms with Gasteiger partial charge < -0.3 is 19.5 Å². The molecule has 0 spiro atoms. The number of methoxy groups -OCH3 is 1. The third-order valence-electron chi connectivity index (χ3n) is 3.59. The predicted molar refractivity (Wildman–Crippen MR) is 91.9 cm³/mol. The van der Waals surface area contributed by atoms with E-state index >= 15 is 0 Å². The molecule has 0 unspecified atom stereocenters. The summed E-state index contributed by atoms with van der Waals surface area (Å²) in [6.07, 6.45) is 3.27. The van der Waals surface area contributed by atoms with Crippen LogP contribution in [-0.4, -0.2) is 51.0 Å². The van der Waals surface area contributed by atoms with Crippen LogP contribution in [0.2, 0.25) is 0 Å². The van der Waals surface area contributed by atoms with Gasteiger partial charge >= 0.3 is 11.8 Å². The zero-order valence-corrected chi connectivity index (χ0v) is 14.4. The van der Waals surface area contributed by atoms with Crippen LogP contribution < -0.4 is 20.2 Å². The van der Waals surface area contributed by atoms with Gasteiger partial charge in [0, 0.05) is 13.2 Å². The Morgan fingerprint density at radius 2 is 2.20 bits per heavy atom. The van der Waals surface area contributed by atoms with Gasteiger partial charge in [-0.1, -0.05) is 0 Å². The summed E-state index contributed by atoms with van der Waals surface area (Å²) in [7, 11) is 1.54. The average Bonchev–Trinajstić information content (AvgIpc) is 3.14. The lowest BCUT2D eigenvalue weighted by Crippen LogP contribution is -2.41. The van der Waals surface area contributed by atoms with E-state index < -0.39 is 11.8 Å². The van der Waals surface area contributed by atoms with Gasteiger partial charge in [-0.3, -0.25) is 9.59 Å². The first-order chi connectivity index (χ1) is 12.1. The molecule has 2 amide bonds. The van der Waals surface area contributed by atoms with Crippen molar-refractivity contribution in [1.29, 1.82) is 0 Å². The van der Waals surface area contributed by atoms with Crippen LogP contribution in [0.25, 0.3) is 0 Å². The second kappa shape index (κ2) is 9.63. The first kappa shape index (κ1) is 18.7. The van der Waals surface area contributed by atoms with Crippen LogP contribution in [0.1, 0.15) is 25.3 Å². The van der Waals surface area contributed by atoms with Crippen molar-refractivity contribution in [2.45, 2.75) is 25.9 Å². The lowest BCUT2D eigenvalue weighted by Gasteiger charge is -2.10. The molecule has 0 radical (unpaired) electrons. The maximum Gasteiger partial charge on any atom is 0.329 e. The van der Waals surface area contributed by atoms with Gasteiger partial charge in [0.25, 0.3) is 0 Å². The number of nitrogens with one attached hydrogen (secondary N) is 2. The molecule has 1 aromatic carbocycles. The fourth-order valence-electron chi connectivity index (χ4n) is 2.35. The number of carbonyl (C=O) groups excluding carboxylic acids is 2. The molecule has 1 heterocycles. The van der Waals surface area contributed by atoms with Gasteiger partial charge in [-0.2, -0.15) is 5.10 Å². The van der Waals surface area contributed by atoms with Crippen LogP contribution in [0.3, 0.4) is 0 Å². The van der Waals surface area contributed by atoms with E-state index in [0.717, 1.165) is 12.8 Å². The Kier molecular flexibility index (Phi) is 7.21. The van der Waals surface area contributed by atoms with Crippen molar-refractivity contribution in [2.75, 3.05) is 26.9 Å². The summed E-state index contributed by atoms with van der Waals surface area (Å²) in [5, 5.41) is 6.31. The summed E-state index contributed by atoms with van der Waals surface area (Å²) >= 11 is 0. The zero-order chi connectivity index (χ0) is 18.1. The van der Waals surface area contributed by atoms with Crippen LogP contribution in [0.5, 0.6) is 11.5 Å². The molecule has 0 aromatic heterocycles. The summed E-state index contributed by atoms with van der Waals surface area (Å²) in [6.45, 7) is 3.43. The van der Waals surface area contributed by atoms with Gasteiger partial charge in [0.2, 0.25) is 0 Å². The number of hydrogen-bond acceptors (Lipinski definition) is 6. The van der Waals surface area contributed by atoms with Crippen molar-refractivity contribution in [3.8, 4) is 11.5 Å². The summed E-state index contributed by atoms with van der Waals surface area (Å²) in [6, 6.07) is 5.23. The van der Waals surface area contributed by atoms with Crippen LogP contribution >= 0.6 is 0 Å². The highest BCUT2D eigenvalue weighted by atomic mass is 16.5. The van der Waals surface area contributed by atoms with Crippen molar-refractivity contribution in [3.63, 3.8) is 0 Å². The standard InChI is InChI=1S/C17H23N3O5/c1-3-24-14-7-6-12(9-15(14)23-2)10-19-20-17(22)16(21)18-11-13-5-4-8-25-13/h6-7,9-10,13H,3-5,8,11H2,1-2H3,(H,18,21)(H,20,22)/b19-10-/t13-/m1/s1. The van der Waals surface area contributed by atoms with Gasteiger partial charge in [-0.05, 0) is 43.5 Å². The molecule has 8 nitrogen and oxygen atoms in total. The molecule has 136 valence electrons. The number of nitrogens with zero attached hydrogens (tertiary/aromatic N) is 1. The highest BCUT2D eigenvalue weighted by molar-refractivity contribution is 6.35. The van der Waals surface area contributed by atoms with E-state index in [1.165, 1.54) is 6.21 Å². The van der Waals surface area contributed by atoms with E-state index in [4.69, 9.17) is 14.2 Å². The van der Waals surface area contributed by atoms with Crippen molar-refractivity contribution in [1.82, 2.24) is 10.7 Å². The van der Waals surface area contributed by atoms with Gasteiger partial charge in [0.1, 0.15) is 0 Å². The minimum atomic E-state index is -0.827. The minimum absolute atomic E-state index is 0.0171. The molecular weight excluding hydrogens is 326 g/mol. The number of amides is 2. The Balaban J connectivity index is 1.82. The maximum atomic E-state index is 11.7. The fraction of sp³-hybridized carbons (Fsp3) is 0.471. The molecule has 0 saturated carbocycles. The third kappa shape index (κ3) is 5.75. The minimum Gasteiger partial charge on any atom is -0.493 e. The number of ether oxygens (including phenoxy) is 3. The molecular formula is C17H23N3O5. The van der Waals surface area contributed by atoms with E-state index in [0.29, 0.717) is 36.8 Å². The summed E-state index contributed by atoms with van der Waals surface area (Å²) < 4.78 is 16.0. The Morgan fingerprint density at radius 3 is 2.88 bits per heavy atom. The van der Waals surface area contributed by atoms with Crippen LogP contribution in [0.4, 0.5) is 0 Å². The third-order valence-corrected chi connectivity index (χ3v) is 3.59. The Bertz CT molecular complexity index is 627. The molecule has 2 N–H and O–H groups in total. The molecule has 0 bridgehead atoms. The Labute approximate surface area is 146 Å². The highest BCUT2D eigenvalue weighted by Gasteiger charge is 2.18. The molecule has 0 aliphatic carbocycles. The highest BCUT2D eigenvalue weighted by Crippen LogP contribution is 2.27. The number of benzene rings is 1. The topological polar surface area (TPSA) is 98.2 Å². The second-order valence-electron chi connectivity index (χ2n) is 5.39. The molecule has 25 heavy (non-hydrogen) atoms. The molecule has 1 fully saturated rings. The van der Waals surface area contributed by atoms with Crippen LogP contribution in [0, 0.1) is 0 Å². The largest absolute Gasteiger partial charge is 0.493 e. The van der Waals surface area contributed by atoms with Gasteiger partial charge in [-0.25, -0.2) is 5.43 Å². The van der Waals surface area contributed by atoms with Gasteiger partial charge in [0.15, 0.2) is 11.5 Å². The molecule has 1 aromatic rings. The van der Waals surface area contributed by atoms with E-state index in [9.17, 15) is 9.59 Å². The first-order valence-corrected chi connectivity index (χ1v) is 8.17. The SMILES string of the molecule is CCOc1ccc(/C=N\NC(=O)C(=O)NC[C@H]2CCCO2)cc1OC. The number of carbonyl (C=O) groups is 2. The zero-order valence-electron chi connectivity index (χ0n) is 14.4. The molecule has 8 heteroatoms. The van der Waals surface area contributed by atoms with E-state index in [-0.39, 0.29) is 6.10 Å². The van der Waals surface area contributed by atoms with Crippen molar-refractivity contribution in [3.05, 3.63) is 23.8 Å². The van der Waals surface area contributed by atoms with E-state index in [1.54, 1.807) is 25.3 Å². The van der Waals surface area contributed by atoms with Crippen LogP contribution in [0.15, 0.2) is 23.3 Å². The summed E-state index contributed by atoms with van der Waals surface area (Å²) in [5.74, 6) is -0.379. The van der Waals surface area contributed by atoms with E-state index in [1.807, 2.05) is 6.92 Å². The van der Waals surface area contributed by atoms with Crippen molar-refractivity contribution < 1.29 is 23.8 Å². The quantitative estimate of drug-likeness (QED) is 0.432. The maximum absolute atomic E-state index is 11.7. The Hall–Kier alpha value is -2.61. The molecule has 1 saturated heterocycles. The first-order valence-electron chi connectivity index (χ1n) is 8.17. The average molecular weight is 349 g/mol. The lowest BCUT2D eigenvalue weighted by atomic mass is 10.2. The predicted octanol–water partition coefficient (Wildman–Crippen LogP) is 0.839. The smallest absolute Gasteiger partial charge is 0.329 e. The molecule has 2 rings (SSSR count). The summed E-state index contributed by atoms with van der Waals surface area (Å²) in [4.78, 5) is 23.3. The van der Waals surface area contributed by atoms with Crippen LogP contribution in [-0.2, 0) is 14.3 Å². The normalized spacial score (nSPS) is 16.6. The lowest BCUT2D eigenvalue weighted by molar-refractivity contribution is -0.139. The number of hydrogen-bond donors (Lipinski definition) is 2. The molecule has 1 aliphatic rings. The molecule has 1 aliphatic heterocycles. The number of rotatable bonds is 7. The van der Waals surface area contributed by atoms with Crippen molar-refractivity contribution >= 4 is 18.0 Å². The van der Waals surface area contributed by atoms with Gasteiger partial charge in [0.05, 0.1) is 26.0 Å². The fourth-order valence-corrected chi connectivity index (χ4v) is 2.35. The Morgan fingerprint density at radius 1 is 1.36 bits per heavy atom. The monoisotopic (exact) mass is 349 g/mol. The van der Waals surface area contributed by atoms with E-state index in [2.05, 4.69) is 15.8 Å². The van der Waals surface area contributed by atoms with Gasteiger partial charge in [-0.15, -0.1) is 0 Å². The van der Waals surface area contributed by atoms with Crippen molar-refractivity contribution in [2.24, 2.45) is 5.10 Å². The second-order valence-corrected chi connectivity index (χ2v) is 5.39. The molecule has 1 atom stereocenters. The number of hydrazone groups is 1.